The van der Waals surface area contributed by atoms with Crippen LogP contribution >= 0.6 is 27.3 Å². The van der Waals surface area contributed by atoms with Gasteiger partial charge in [-0.3, -0.25) is 4.79 Å². The summed E-state index contributed by atoms with van der Waals surface area (Å²) in [5, 5.41) is 2.11. The van der Waals surface area contributed by atoms with E-state index < -0.39 is 0 Å². The van der Waals surface area contributed by atoms with Crippen LogP contribution < -0.4 is 4.90 Å². The van der Waals surface area contributed by atoms with Crippen LogP contribution in [0.1, 0.15) is 34.1 Å². The summed E-state index contributed by atoms with van der Waals surface area (Å²) in [6, 6.07) is 8.21. The van der Waals surface area contributed by atoms with Crippen molar-refractivity contribution in [2.75, 3.05) is 11.4 Å². The van der Waals surface area contributed by atoms with Gasteiger partial charge in [0.1, 0.15) is 0 Å². The molecule has 0 unspecified atom stereocenters. The quantitative estimate of drug-likeness (QED) is 0.750. The average molecular weight is 350 g/mol. The molecule has 1 aliphatic rings. The molecule has 0 spiro atoms. The van der Waals surface area contributed by atoms with Crippen LogP contribution in [0.15, 0.2) is 34.1 Å². The molecule has 2 nitrogen and oxygen atoms in total. The third kappa shape index (κ3) is 2.67. The van der Waals surface area contributed by atoms with E-state index >= 15 is 0 Å². The molecule has 0 saturated heterocycles. The molecule has 0 atom stereocenters. The highest BCUT2D eigenvalue weighted by Gasteiger charge is 2.19. The lowest BCUT2D eigenvalue weighted by Gasteiger charge is -2.31. The smallest absolute Gasteiger partial charge is 0.159 e. The summed E-state index contributed by atoms with van der Waals surface area (Å²) in [6.07, 6.45) is 2.22. The van der Waals surface area contributed by atoms with Crippen molar-refractivity contribution in [2.24, 2.45) is 0 Å². The molecule has 0 radical (unpaired) electrons. The van der Waals surface area contributed by atoms with Gasteiger partial charge in [-0.2, -0.15) is 0 Å². The Morgan fingerprint density at radius 1 is 1.40 bits per heavy atom. The third-order valence-electron chi connectivity index (χ3n) is 3.73. The van der Waals surface area contributed by atoms with E-state index in [0.29, 0.717) is 0 Å². The van der Waals surface area contributed by atoms with E-state index in [1.54, 1.807) is 18.3 Å². The number of halogens is 1. The lowest BCUT2D eigenvalue weighted by atomic mass is 9.98. The van der Waals surface area contributed by atoms with Gasteiger partial charge in [0.25, 0.3) is 0 Å². The molecule has 104 valence electrons. The number of nitrogens with zero attached hydrogens (tertiary/aromatic N) is 1. The molecule has 0 N–H and O–H groups in total. The fourth-order valence-electron chi connectivity index (χ4n) is 2.67. The predicted octanol–water partition coefficient (Wildman–Crippen LogP) is 4.67. The number of rotatable bonds is 3. The maximum atomic E-state index is 11.5. The van der Waals surface area contributed by atoms with Gasteiger partial charge < -0.3 is 4.90 Å². The highest BCUT2D eigenvalue weighted by Crippen LogP contribution is 2.32. The number of aryl methyl sites for hydroxylation is 1. The standard InChI is InChI=1S/C16H16BrNOS/c1-11(19)12-4-5-15-13(9-12)3-2-7-18(15)10-16-14(17)6-8-20-16/h4-6,8-9H,2-3,7,10H2,1H3. The highest BCUT2D eigenvalue weighted by molar-refractivity contribution is 9.10. The molecule has 2 heterocycles. The van der Waals surface area contributed by atoms with Crippen molar-refractivity contribution in [2.45, 2.75) is 26.3 Å². The normalized spacial score (nSPS) is 14.2. The summed E-state index contributed by atoms with van der Waals surface area (Å²) in [7, 11) is 0. The van der Waals surface area contributed by atoms with Gasteiger partial charge >= 0.3 is 0 Å². The Morgan fingerprint density at radius 3 is 2.95 bits per heavy atom. The number of carbonyl (C=O) groups is 1. The summed E-state index contributed by atoms with van der Waals surface area (Å²) in [5.74, 6) is 0.144. The minimum absolute atomic E-state index is 0.144. The Hall–Kier alpha value is -1.13. The molecule has 0 saturated carbocycles. The number of hydrogen-bond donors (Lipinski definition) is 0. The molecule has 4 heteroatoms. The van der Waals surface area contributed by atoms with Gasteiger partial charge in [0.05, 0.1) is 6.54 Å². The number of anilines is 1. The summed E-state index contributed by atoms with van der Waals surface area (Å²) < 4.78 is 1.19. The second-order valence-corrected chi connectivity index (χ2v) is 6.97. The first-order valence-corrected chi connectivity index (χ1v) is 8.43. The van der Waals surface area contributed by atoms with Gasteiger partial charge in [-0.1, -0.05) is 0 Å². The molecular weight excluding hydrogens is 334 g/mol. The predicted molar refractivity (Wildman–Crippen MR) is 87.8 cm³/mol. The summed E-state index contributed by atoms with van der Waals surface area (Å²) in [6.45, 7) is 3.65. The van der Waals surface area contributed by atoms with Gasteiger partial charge in [-0.25, -0.2) is 0 Å². The van der Waals surface area contributed by atoms with Gasteiger partial charge in [0, 0.05) is 27.1 Å². The van der Waals surface area contributed by atoms with Crippen molar-refractivity contribution in [3.63, 3.8) is 0 Å². The number of hydrogen-bond acceptors (Lipinski definition) is 3. The molecule has 0 fully saturated rings. The Bertz CT molecular complexity index is 650. The minimum Gasteiger partial charge on any atom is -0.366 e. The van der Waals surface area contributed by atoms with Crippen LogP contribution in [0.5, 0.6) is 0 Å². The van der Waals surface area contributed by atoms with Crippen molar-refractivity contribution >= 4 is 38.7 Å². The summed E-state index contributed by atoms with van der Waals surface area (Å²) in [4.78, 5) is 15.3. The topological polar surface area (TPSA) is 20.3 Å². The maximum Gasteiger partial charge on any atom is 0.159 e. The number of Topliss-reactive ketones (excluding diaryl/α,β-unsaturated/α-hetero) is 1. The zero-order valence-electron chi connectivity index (χ0n) is 11.4. The fourth-order valence-corrected chi connectivity index (χ4v) is 4.16. The monoisotopic (exact) mass is 349 g/mol. The molecular formula is C16H16BrNOS. The van der Waals surface area contributed by atoms with Crippen molar-refractivity contribution in [1.29, 1.82) is 0 Å². The van der Waals surface area contributed by atoms with Crippen LogP contribution in [-0.2, 0) is 13.0 Å². The number of carbonyl (C=O) groups excluding carboxylic acids is 1. The molecule has 3 rings (SSSR count). The van der Waals surface area contributed by atoms with Gasteiger partial charge in [-0.05, 0) is 70.9 Å². The second kappa shape index (κ2) is 5.70. The fraction of sp³-hybridized carbons (Fsp3) is 0.312. The second-order valence-electron chi connectivity index (χ2n) is 5.12. The van der Waals surface area contributed by atoms with Gasteiger partial charge in [-0.15, -0.1) is 11.3 Å². The highest BCUT2D eigenvalue weighted by atomic mass is 79.9. The van der Waals surface area contributed by atoms with Crippen LogP contribution in [0.25, 0.3) is 0 Å². The number of benzene rings is 1. The first-order valence-electron chi connectivity index (χ1n) is 6.76. The van der Waals surface area contributed by atoms with Crippen LogP contribution in [0.2, 0.25) is 0 Å². The summed E-state index contributed by atoms with van der Waals surface area (Å²) >= 11 is 5.39. The molecule has 20 heavy (non-hydrogen) atoms. The van der Waals surface area contributed by atoms with E-state index in [9.17, 15) is 4.79 Å². The largest absolute Gasteiger partial charge is 0.366 e. The van der Waals surface area contributed by atoms with Crippen molar-refractivity contribution < 1.29 is 4.79 Å². The van der Waals surface area contributed by atoms with Crippen LogP contribution in [-0.4, -0.2) is 12.3 Å². The Morgan fingerprint density at radius 2 is 2.25 bits per heavy atom. The van der Waals surface area contributed by atoms with Crippen LogP contribution in [0.4, 0.5) is 5.69 Å². The lowest BCUT2D eigenvalue weighted by molar-refractivity contribution is 0.101. The summed E-state index contributed by atoms with van der Waals surface area (Å²) in [5.41, 5.74) is 3.40. The first kappa shape index (κ1) is 13.8. The Labute approximate surface area is 131 Å². The van der Waals surface area contributed by atoms with E-state index in [4.69, 9.17) is 0 Å². The zero-order valence-corrected chi connectivity index (χ0v) is 13.8. The van der Waals surface area contributed by atoms with Gasteiger partial charge in [0.2, 0.25) is 0 Å². The van der Waals surface area contributed by atoms with E-state index in [1.807, 2.05) is 6.07 Å². The Kier molecular flexibility index (Phi) is 3.94. The van der Waals surface area contributed by atoms with Crippen molar-refractivity contribution in [3.8, 4) is 0 Å². The molecule has 1 aromatic heterocycles. The SMILES string of the molecule is CC(=O)c1ccc2c(c1)CCCN2Cc1sccc1Br. The lowest BCUT2D eigenvalue weighted by Crippen LogP contribution is -2.28. The van der Waals surface area contributed by atoms with E-state index in [-0.39, 0.29) is 5.78 Å². The molecule has 0 bridgehead atoms. The number of thiophene rings is 1. The third-order valence-corrected chi connectivity index (χ3v) is 5.64. The van der Waals surface area contributed by atoms with E-state index in [2.05, 4.69) is 44.4 Å². The molecule has 1 aromatic carbocycles. The molecule has 1 aliphatic heterocycles. The average Bonchev–Trinajstić information content (AvgIpc) is 2.84. The van der Waals surface area contributed by atoms with Crippen molar-refractivity contribution in [1.82, 2.24) is 0 Å². The Balaban J connectivity index is 1.90. The number of ketones is 1. The first-order chi connectivity index (χ1) is 9.65. The molecule has 0 aliphatic carbocycles. The zero-order chi connectivity index (χ0) is 14.1. The molecule has 0 amide bonds. The van der Waals surface area contributed by atoms with Crippen LogP contribution in [0, 0.1) is 0 Å². The minimum atomic E-state index is 0.144. The van der Waals surface area contributed by atoms with E-state index in [1.165, 1.54) is 20.6 Å². The van der Waals surface area contributed by atoms with E-state index in [0.717, 1.165) is 31.5 Å². The molecule has 2 aromatic rings. The maximum absolute atomic E-state index is 11.5. The van der Waals surface area contributed by atoms with Crippen LogP contribution in [0.3, 0.4) is 0 Å². The van der Waals surface area contributed by atoms with Gasteiger partial charge in [0.15, 0.2) is 5.78 Å². The van der Waals surface area contributed by atoms with Crippen molar-refractivity contribution in [3.05, 3.63) is 50.1 Å². The number of fused-ring (bicyclic) bond motifs is 1.